The lowest BCUT2D eigenvalue weighted by Crippen LogP contribution is -2.43. The van der Waals surface area contributed by atoms with Crippen LogP contribution in [0.25, 0.3) is 11.4 Å². The van der Waals surface area contributed by atoms with Crippen molar-refractivity contribution in [3.8, 4) is 17.1 Å². The van der Waals surface area contributed by atoms with Crippen molar-refractivity contribution in [1.82, 2.24) is 19.7 Å². The Balaban J connectivity index is 1.75. The minimum atomic E-state index is -0.352. The van der Waals surface area contributed by atoms with Gasteiger partial charge in [-0.05, 0) is 38.7 Å². The summed E-state index contributed by atoms with van der Waals surface area (Å²) < 4.78 is 7.58. The van der Waals surface area contributed by atoms with Crippen LogP contribution in [-0.2, 0) is 11.3 Å². The molecule has 0 radical (unpaired) electrons. The molecule has 2 unspecified atom stereocenters. The van der Waals surface area contributed by atoms with Crippen molar-refractivity contribution in [2.24, 2.45) is 5.73 Å². The maximum absolute atomic E-state index is 11.5. The number of para-hydroxylation sites is 1. The fourth-order valence-corrected chi connectivity index (χ4v) is 4.74. The van der Waals surface area contributed by atoms with Gasteiger partial charge in [0.2, 0.25) is 5.95 Å². The molecule has 1 saturated carbocycles. The van der Waals surface area contributed by atoms with Crippen molar-refractivity contribution < 1.29 is 9.53 Å². The van der Waals surface area contributed by atoms with Crippen molar-refractivity contribution in [2.75, 3.05) is 10.6 Å². The van der Waals surface area contributed by atoms with Crippen LogP contribution >= 0.6 is 0 Å². The molecule has 2 atom stereocenters. The van der Waals surface area contributed by atoms with Gasteiger partial charge in [-0.25, -0.2) is 0 Å². The Morgan fingerprint density at radius 2 is 1.91 bits per heavy atom. The molecule has 2 aliphatic heterocycles. The van der Waals surface area contributed by atoms with Crippen molar-refractivity contribution in [3.05, 3.63) is 35.5 Å². The van der Waals surface area contributed by atoms with E-state index in [2.05, 4.69) is 53.1 Å². The summed E-state index contributed by atoms with van der Waals surface area (Å²) in [6.07, 6.45) is 4.35. The minimum absolute atomic E-state index is 0.0920. The maximum Gasteiger partial charge on any atom is 0.308 e. The average molecular weight is 480 g/mol. The first-order valence-electron chi connectivity index (χ1n) is 12.6. The van der Waals surface area contributed by atoms with Crippen molar-refractivity contribution in [3.63, 3.8) is 0 Å². The van der Waals surface area contributed by atoms with Gasteiger partial charge in [0.05, 0.1) is 11.4 Å². The van der Waals surface area contributed by atoms with Gasteiger partial charge in [-0.15, -0.1) is 5.10 Å². The van der Waals surface area contributed by atoms with E-state index >= 15 is 0 Å². The van der Waals surface area contributed by atoms with E-state index in [0.717, 1.165) is 47.9 Å². The average Bonchev–Trinajstić information content (AvgIpc) is 3.24. The second-order valence-corrected chi connectivity index (χ2v) is 9.94. The molecule has 1 fully saturated rings. The summed E-state index contributed by atoms with van der Waals surface area (Å²) in [7, 11) is 0. The molecule has 0 bridgehead atoms. The van der Waals surface area contributed by atoms with E-state index in [-0.39, 0.29) is 30.0 Å². The number of rotatable bonds is 8. The largest absolute Gasteiger partial charge is 0.426 e. The topological polar surface area (TPSA) is 120 Å². The molecule has 0 saturated heterocycles. The molecule has 0 spiro atoms. The summed E-state index contributed by atoms with van der Waals surface area (Å²) in [6.45, 7) is 10.4. The highest BCUT2D eigenvalue weighted by Crippen LogP contribution is 2.38. The van der Waals surface area contributed by atoms with Gasteiger partial charge in [0.25, 0.3) is 0 Å². The van der Waals surface area contributed by atoms with Gasteiger partial charge in [-0.2, -0.15) is 10.1 Å². The first-order valence-corrected chi connectivity index (χ1v) is 12.6. The zero-order valence-corrected chi connectivity index (χ0v) is 21.3. The summed E-state index contributed by atoms with van der Waals surface area (Å²) in [5.74, 6) is 1.78. The lowest BCUT2D eigenvalue weighted by atomic mass is 9.91. The Bertz CT molecular complexity index is 1140. The smallest absolute Gasteiger partial charge is 0.308 e. The number of benzene rings is 1. The molecular formula is C26H37N7O2. The normalized spacial score (nSPS) is 18.3. The number of anilines is 2. The van der Waals surface area contributed by atoms with E-state index in [1.165, 1.54) is 13.3 Å². The Morgan fingerprint density at radius 1 is 1.17 bits per heavy atom. The third-order valence-corrected chi connectivity index (χ3v) is 6.51. The quantitative estimate of drug-likeness (QED) is 0.314. The van der Waals surface area contributed by atoms with E-state index in [1.807, 2.05) is 18.2 Å². The Labute approximate surface area is 207 Å². The van der Waals surface area contributed by atoms with Gasteiger partial charge in [-0.1, -0.05) is 44.9 Å². The standard InChI is InChI=1S/C26H37N7O2/c1-15(2)22-24-23(32-31-22)25(28-14-18-10-6-9-13-21(18)35-17(5)34)30-26(33(24)16(3)4)29-20-12-8-7-11-19(20)27/h6,9-10,13,15-16,19-20,28H,7-8,11-12,14,27H2,1-5H3,(H,29,30). The van der Waals surface area contributed by atoms with Crippen molar-refractivity contribution in [1.29, 1.82) is 0 Å². The molecule has 1 aromatic rings. The second kappa shape index (κ2) is 10.6. The minimum Gasteiger partial charge on any atom is -0.426 e. The van der Waals surface area contributed by atoms with Gasteiger partial charge >= 0.3 is 5.97 Å². The molecule has 35 heavy (non-hydrogen) atoms. The monoisotopic (exact) mass is 479 g/mol. The zero-order valence-electron chi connectivity index (χ0n) is 21.3. The van der Waals surface area contributed by atoms with E-state index < -0.39 is 0 Å². The molecule has 0 aromatic heterocycles. The van der Waals surface area contributed by atoms with Gasteiger partial charge in [0.15, 0.2) is 11.5 Å². The molecular weight excluding hydrogens is 442 g/mol. The van der Waals surface area contributed by atoms with Crippen molar-refractivity contribution >= 4 is 17.7 Å². The van der Waals surface area contributed by atoms with Crippen LogP contribution in [0.2, 0.25) is 0 Å². The molecule has 4 N–H and O–H groups in total. The number of hydrogen-bond acceptors (Lipinski definition) is 8. The number of aromatic nitrogens is 4. The predicted molar refractivity (Wildman–Crippen MR) is 138 cm³/mol. The second-order valence-electron chi connectivity index (χ2n) is 9.94. The van der Waals surface area contributed by atoms with Crippen LogP contribution in [0.4, 0.5) is 11.8 Å². The number of nitrogens with two attached hydrogens (primary N) is 1. The number of esters is 1. The molecule has 9 nitrogen and oxygen atoms in total. The molecule has 1 aromatic carbocycles. The molecule has 9 heteroatoms. The number of hydrogen-bond donors (Lipinski definition) is 3. The highest BCUT2D eigenvalue weighted by molar-refractivity contribution is 5.75. The summed E-state index contributed by atoms with van der Waals surface area (Å²) in [5, 5.41) is 16.2. The number of carbonyl (C=O) groups excluding carboxylic acids is 1. The summed E-state index contributed by atoms with van der Waals surface area (Å²) >= 11 is 0. The number of ether oxygens (including phenoxy) is 1. The van der Waals surface area contributed by atoms with Gasteiger partial charge in [0, 0.05) is 37.2 Å². The molecule has 3 aliphatic rings. The van der Waals surface area contributed by atoms with E-state index in [0.29, 0.717) is 18.1 Å². The lowest BCUT2D eigenvalue weighted by molar-refractivity contribution is -0.131. The summed E-state index contributed by atoms with van der Waals surface area (Å²) in [5.41, 5.74) is 9.97. The van der Waals surface area contributed by atoms with Crippen LogP contribution in [0.15, 0.2) is 24.3 Å². The Kier molecular flexibility index (Phi) is 7.54. The van der Waals surface area contributed by atoms with Gasteiger partial charge in [-0.3, -0.25) is 4.79 Å². The van der Waals surface area contributed by atoms with E-state index in [9.17, 15) is 4.79 Å². The Morgan fingerprint density at radius 3 is 2.60 bits per heavy atom. The molecule has 4 rings (SSSR count). The number of carbonyl (C=O) groups is 1. The van der Waals surface area contributed by atoms with Crippen LogP contribution in [0.3, 0.4) is 0 Å². The van der Waals surface area contributed by atoms with E-state index in [1.54, 1.807) is 6.07 Å². The predicted octanol–water partition coefficient (Wildman–Crippen LogP) is 4.70. The SMILES string of the molecule is CC(=O)Oc1ccccc1CNc1nc(NC2CCCCC2N)n(C(C)C)c2c(C(C)C)nnc1-2. The number of nitrogens with one attached hydrogen (secondary N) is 2. The van der Waals surface area contributed by atoms with Gasteiger partial charge < -0.3 is 25.7 Å². The number of nitrogens with zero attached hydrogens (tertiary/aromatic N) is 4. The Hall–Kier alpha value is -3.20. The van der Waals surface area contributed by atoms with Crippen LogP contribution < -0.4 is 21.1 Å². The summed E-state index contributed by atoms with van der Waals surface area (Å²) in [6, 6.07) is 7.88. The first kappa shape index (κ1) is 24.9. The summed E-state index contributed by atoms with van der Waals surface area (Å²) in [4.78, 5) is 16.6. The van der Waals surface area contributed by atoms with Crippen LogP contribution in [0.5, 0.6) is 5.75 Å². The number of fused-ring (bicyclic) bond motifs is 1. The molecule has 188 valence electrons. The zero-order chi connectivity index (χ0) is 25.1. The lowest BCUT2D eigenvalue weighted by Gasteiger charge is -2.32. The first-order chi connectivity index (χ1) is 16.8. The van der Waals surface area contributed by atoms with E-state index in [4.69, 9.17) is 15.5 Å². The van der Waals surface area contributed by atoms with Gasteiger partial charge in [0.1, 0.15) is 5.75 Å². The maximum atomic E-state index is 11.5. The fraction of sp³-hybridized carbons (Fsp3) is 0.538. The van der Waals surface area contributed by atoms with Crippen LogP contribution in [-0.4, -0.2) is 37.8 Å². The van der Waals surface area contributed by atoms with Crippen LogP contribution in [0, 0.1) is 0 Å². The molecule has 0 amide bonds. The molecule has 1 aliphatic carbocycles. The van der Waals surface area contributed by atoms with Crippen molar-refractivity contribution in [2.45, 2.75) is 90.9 Å². The molecule has 2 heterocycles. The van der Waals surface area contributed by atoms with Crippen LogP contribution in [0.1, 0.15) is 83.5 Å². The third kappa shape index (κ3) is 5.40. The third-order valence-electron chi connectivity index (χ3n) is 6.51. The fourth-order valence-electron chi connectivity index (χ4n) is 4.74. The highest BCUT2D eigenvalue weighted by Gasteiger charge is 2.30. The highest BCUT2D eigenvalue weighted by atomic mass is 16.5.